The first kappa shape index (κ1) is 17.3. The number of halogens is 2. The molecule has 26 heavy (non-hydrogen) atoms. The number of aromatic nitrogens is 2. The number of carbonyl (C=O) groups excluding carboxylic acids is 1. The third kappa shape index (κ3) is 3.30. The molecule has 132 valence electrons. The number of nitrogens with two attached hydrogens (primary N) is 1. The van der Waals surface area contributed by atoms with Crippen molar-refractivity contribution in [3.05, 3.63) is 63.3 Å². The van der Waals surface area contributed by atoms with Crippen molar-refractivity contribution < 1.29 is 9.53 Å². The summed E-state index contributed by atoms with van der Waals surface area (Å²) in [5, 5.41) is 1.89. The molecule has 2 heterocycles. The van der Waals surface area contributed by atoms with E-state index in [4.69, 9.17) is 10.5 Å². The molecule has 4 aromatic rings. The molecule has 0 bridgehead atoms. The monoisotopic (exact) mass is 475 g/mol. The van der Waals surface area contributed by atoms with Gasteiger partial charge in [0.15, 0.2) is 5.75 Å². The van der Waals surface area contributed by atoms with Crippen LogP contribution in [0, 0.1) is 0 Å². The van der Waals surface area contributed by atoms with Crippen molar-refractivity contribution in [1.29, 1.82) is 0 Å². The predicted molar refractivity (Wildman–Crippen MR) is 109 cm³/mol. The number of H-pyrrole nitrogens is 2. The van der Waals surface area contributed by atoms with Crippen molar-refractivity contribution in [2.24, 2.45) is 5.73 Å². The molecule has 0 aliphatic carbocycles. The number of carbonyl (C=O) groups is 1. The lowest BCUT2D eigenvalue weighted by Crippen LogP contribution is -2.36. The van der Waals surface area contributed by atoms with E-state index in [1.165, 1.54) is 0 Å². The second kappa shape index (κ2) is 6.90. The number of ether oxygens (including phenoxy) is 1. The summed E-state index contributed by atoms with van der Waals surface area (Å²) in [5.74, 6) is 0.0242. The van der Waals surface area contributed by atoms with Gasteiger partial charge in [0, 0.05) is 44.0 Å². The van der Waals surface area contributed by atoms with Crippen LogP contribution in [0.15, 0.2) is 57.7 Å². The number of hydrogen-bond donors (Lipinski definition) is 3. The number of aromatic amines is 2. The fourth-order valence-corrected chi connectivity index (χ4v) is 3.71. The second-order valence-electron chi connectivity index (χ2n) is 6.08. The Morgan fingerprint density at radius 2 is 1.62 bits per heavy atom. The Kier molecular flexibility index (Phi) is 4.60. The fourth-order valence-electron chi connectivity index (χ4n) is 2.99. The Morgan fingerprint density at radius 3 is 2.35 bits per heavy atom. The first-order chi connectivity index (χ1) is 12.5. The van der Waals surface area contributed by atoms with E-state index in [0.717, 1.165) is 36.3 Å². The molecule has 2 aromatic heterocycles. The zero-order chi connectivity index (χ0) is 18.3. The largest absolute Gasteiger partial charge is 0.423 e. The van der Waals surface area contributed by atoms with Crippen LogP contribution >= 0.6 is 31.9 Å². The molecule has 0 saturated carbocycles. The Hall–Kier alpha value is -2.09. The number of rotatable bonds is 4. The van der Waals surface area contributed by atoms with Gasteiger partial charge in [-0.15, -0.1) is 0 Å². The minimum absolute atomic E-state index is 0.397. The van der Waals surface area contributed by atoms with E-state index in [2.05, 4.69) is 41.8 Å². The molecule has 0 aliphatic heterocycles. The summed E-state index contributed by atoms with van der Waals surface area (Å²) in [5.41, 5.74) is 8.97. The number of hydrogen-bond acceptors (Lipinski definition) is 3. The summed E-state index contributed by atoms with van der Waals surface area (Å²) in [7, 11) is 0. The highest BCUT2D eigenvalue weighted by Crippen LogP contribution is 2.28. The molecular weight excluding hydrogens is 462 g/mol. The van der Waals surface area contributed by atoms with Gasteiger partial charge in [0.1, 0.15) is 6.04 Å². The third-order valence-electron chi connectivity index (χ3n) is 4.29. The van der Waals surface area contributed by atoms with Crippen LogP contribution in [0.2, 0.25) is 0 Å². The topological polar surface area (TPSA) is 83.9 Å². The molecule has 5 nitrogen and oxygen atoms in total. The molecule has 2 aromatic carbocycles. The summed E-state index contributed by atoms with van der Waals surface area (Å²) < 4.78 is 7.47. The average molecular weight is 477 g/mol. The predicted octanol–water partition coefficient (Wildman–Crippen LogP) is 4.65. The van der Waals surface area contributed by atoms with E-state index in [1.807, 2.05) is 42.6 Å². The summed E-state index contributed by atoms with van der Waals surface area (Å²) >= 11 is 6.87. The molecule has 4 N–H and O–H groups in total. The smallest absolute Gasteiger partial charge is 0.328 e. The molecule has 0 unspecified atom stereocenters. The van der Waals surface area contributed by atoms with E-state index < -0.39 is 12.0 Å². The van der Waals surface area contributed by atoms with Gasteiger partial charge < -0.3 is 20.4 Å². The molecular formula is C19H15Br2N3O2. The first-order valence-electron chi connectivity index (χ1n) is 8.00. The number of fused-ring (bicyclic) bond motifs is 2. The number of benzene rings is 2. The van der Waals surface area contributed by atoms with E-state index in [-0.39, 0.29) is 0 Å². The van der Waals surface area contributed by atoms with Gasteiger partial charge in [-0.2, -0.15) is 0 Å². The fraction of sp³-hybridized carbons (Fsp3) is 0.105. The van der Waals surface area contributed by atoms with Crippen molar-refractivity contribution in [1.82, 2.24) is 9.97 Å². The summed E-state index contributed by atoms with van der Waals surface area (Å²) in [6.07, 6.45) is 3.95. The van der Waals surface area contributed by atoms with Crippen LogP contribution in [0.1, 0.15) is 5.56 Å². The Morgan fingerprint density at radius 1 is 1.00 bits per heavy atom. The molecule has 0 spiro atoms. The Balaban J connectivity index is 1.52. The Labute approximate surface area is 166 Å². The maximum absolute atomic E-state index is 12.4. The molecule has 0 saturated heterocycles. The second-order valence-corrected chi connectivity index (χ2v) is 7.91. The minimum Gasteiger partial charge on any atom is -0.423 e. The standard InChI is InChI=1S/C19H15Br2N3O2/c20-11-1-3-13-10(8-23-16(13)6-11)5-15(22)19(25)26-18-9-24-17-7-12(21)2-4-14(17)18/h1-4,6-9,15,23-24H,5,22H2/t15-/m0/s1. The van der Waals surface area contributed by atoms with Gasteiger partial charge in [-0.25, -0.2) is 4.79 Å². The van der Waals surface area contributed by atoms with Gasteiger partial charge >= 0.3 is 5.97 Å². The normalized spacial score (nSPS) is 12.6. The highest BCUT2D eigenvalue weighted by Gasteiger charge is 2.20. The lowest BCUT2D eigenvalue weighted by atomic mass is 10.1. The molecule has 0 fully saturated rings. The van der Waals surface area contributed by atoms with Gasteiger partial charge in [0.25, 0.3) is 0 Å². The van der Waals surface area contributed by atoms with Gasteiger partial charge in [-0.3, -0.25) is 0 Å². The van der Waals surface area contributed by atoms with Crippen LogP contribution in [0.4, 0.5) is 0 Å². The van der Waals surface area contributed by atoms with Gasteiger partial charge in [-0.05, 0) is 35.9 Å². The van der Waals surface area contributed by atoms with Crippen molar-refractivity contribution in [2.45, 2.75) is 12.5 Å². The maximum atomic E-state index is 12.4. The van der Waals surface area contributed by atoms with Crippen molar-refractivity contribution in [2.75, 3.05) is 0 Å². The molecule has 7 heteroatoms. The van der Waals surface area contributed by atoms with Crippen molar-refractivity contribution in [3.8, 4) is 5.75 Å². The van der Waals surface area contributed by atoms with E-state index in [9.17, 15) is 4.79 Å². The van der Waals surface area contributed by atoms with E-state index >= 15 is 0 Å². The Bertz CT molecular complexity index is 1120. The first-order valence-corrected chi connectivity index (χ1v) is 9.59. The number of esters is 1. The molecule has 0 aliphatic rings. The quantitative estimate of drug-likeness (QED) is 0.375. The van der Waals surface area contributed by atoms with Crippen molar-refractivity contribution in [3.63, 3.8) is 0 Å². The molecule has 0 radical (unpaired) electrons. The highest BCUT2D eigenvalue weighted by atomic mass is 79.9. The van der Waals surface area contributed by atoms with Crippen LogP contribution in [-0.4, -0.2) is 22.0 Å². The van der Waals surface area contributed by atoms with Gasteiger partial charge in [-0.1, -0.05) is 37.9 Å². The van der Waals surface area contributed by atoms with Gasteiger partial charge in [0.05, 0.1) is 5.52 Å². The minimum atomic E-state index is -0.752. The third-order valence-corrected chi connectivity index (χ3v) is 5.27. The number of nitrogens with one attached hydrogen (secondary N) is 2. The molecule has 4 rings (SSSR count). The lowest BCUT2D eigenvalue weighted by molar-refractivity contribution is -0.135. The van der Waals surface area contributed by atoms with Crippen LogP contribution < -0.4 is 10.5 Å². The van der Waals surface area contributed by atoms with Crippen LogP contribution in [0.5, 0.6) is 5.75 Å². The van der Waals surface area contributed by atoms with E-state index in [1.54, 1.807) is 6.20 Å². The van der Waals surface area contributed by atoms with Crippen LogP contribution in [0.3, 0.4) is 0 Å². The highest BCUT2D eigenvalue weighted by molar-refractivity contribution is 9.10. The van der Waals surface area contributed by atoms with E-state index in [0.29, 0.717) is 12.2 Å². The zero-order valence-electron chi connectivity index (χ0n) is 13.6. The molecule has 0 amide bonds. The summed E-state index contributed by atoms with van der Waals surface area (Å²) in [6.45, 7) is 0. The summed E-state index contributed by atoms with van der Waals surface area (Å²) in [4.78, 5) is 18.7. The lowest BCUT2D eigenvalue weighted by Gasteiger charge is -2.10. The van der Waals surface area contributed by atoms with Crippen LogP contribution in [-0.2, 0) is 11.2 Å². The van der Waals surface area contributed by atoms with Crippen molar-refractivity contribution >= 4 is 59.6 Å². The van der Waals surface area contributed by atoms with Crippen LogP contribution in [0.25, 0.3) is 21.8 Å². The maximum Gasteiger partial charge on any atom is 0.328 e. The SMILES string of the molecule is N[C@@H](Cc1c[nH]c2cc(Br)ccc12)C(=O)Oc1c[nH]c2cc(Br)ccc12. The molecule has 1 atom stereocenters. The summed E-state index contributed by atoms with van der Waals surface area (Å²) in [6, 6.07) is 10.9. The van der Waals surface area contributed by atoms with Gasteiger partial charge in [0.2, 0.25) is 0 Å². The average Bonchev–Trinajstić information content (AvgIpc) is 3.18. The zero-order valence-corrected chi connectivity index (χ0v) is 16.7.